The van der Waals surface area contributed by atoms with Gasteiger partial charge in [0.05, 0.1) is 24.9 Å². The highest BCUT2D eigenvalue weighted by Crippen LogP contribution is 2.32. The standard InChI is InChI=1S/C38H51N5O5/c1-5-48-34-16-15-27(22-39-34)23-42-17-18-43(32(25-42)37(47)41-38(2,3)4)24-30(44)20-29(19-26-11-7-6-8-12-26)36(46)40-35-31-14-10-9-13-28(31)21-33(35)45/h6-16,22,29-30,32-33,35,44-45H,5,17-21,23-25H2,1-4H3,(H,40,46)(H,41,47)/t29-,30+,32+,33-,35?/m1/s1. The maximum Gasteiger partial charge on any atom is 0.239 e. The molecule has 2 amide bonds. The fourth-order valence-electron chi connectivity index (χ4n) is 6.81. The molecule has 1 unspecified atom stereocenters. The first-order valence-electron chi connectivity index (χ1n) is 17.1. The molecule has 2 aliphatic rings. The Bertz CT molecular complexity index is 1500. The maximum absolute atomic E-state index is 13.9. The lowest BCUT2D eigenvalue weighted by Gasteiger charge is -2.42. The van der Waals surface area contributed by atoms with Crippen LogP contribution in [0.1, 0.15) is 62.4 Å². The number of aromatic nitrogens is 1. The van der Waals surface area contributed by atoms with Crippen LogP contribution in [0.2, 0.25) is 0 Å². The molecule has 258 valence electrons. The van der Waals surface area contributed by atoms with Crippen LogP contribution in [-0.2, 0) is 29.0 Å². The molecule has 0 saturated carbocycles. The third-order valence-electron chi connectivity index (χ3n) is 9.07. The molecule has 5 rings (SSSR count). The van der Waals surface area contributed by atoms with Crippen molar-refractivity contribution in [3.8, 4) is 5.88 Å². The third kappa shape index (κ3) is 9.63. The predicted octanol–water partition coefficient (Wildman–Crippen LogP) is 3.27. The Balaban J connectivity index is 1.27. The van der Waals surface area contributed by atoms with Gasteiger partial charge in [0.25, 0.3) is 0 Å². The number of aliphatic hydroxyl groups is 2. The van der Waals surface area contributed by atoms with E-state index in [2.05, 4.69) is 20.5 Å². The Hall–Kier alpha value is -3.83. The molecule has 1 fully saturated rings. The first-order valence-corrected chi connectivity index (χ1v) is 17.1. The van der Waals surface area contributed by atoms with E-state index >= 15 is 0 Å². The lowest BCUT2D eigenvalue weighted by Crippen LogP contribution is -2.61. The molecule has 1 aliphatic carbocycles. The van der Waals surface area contributed by atoms with E-state index < -0.39 is 35.7 Å². The summed E-state index contributed by atoms with van der Waals surface area (Å²) in [5.74, 6) is -0.227. The van der Waals surface area contributed by atoms with Crippen LogP contribution in [0.5, 0.6) is 5.88 Å². The van der Waals surface area contributed by atoms with E-state index in [1.807, 2.05) is 106 Å². The van der Waals surface area contributed by atoms with Crippen molar-refractivity contribution < 1.29 is 24.5 Å². The van der Waals surface area contributed by atoms with Gasteiger partial charge in [-0.25, -0.2) is 4.98 Å². The first-order chi connectivity index (χ1) is 23.0. The molecule has 0 bridgehead atoms. The van der Waals surface area contributed by atoms with Gasteiger partial charge in [0.1, 0.15) is 6.04 Å². The molecule has 1 aromatic heterocycles. The highest BCUT2D eigenvalue weighted by molar-refractivity contribution is 5.83. The Morgan fingerprint density at radius 2 is 1.77 bits per heavy atom. The van der Waals surface area contributed by atoms with Crippen molar-refractivity contribution in [2.45, 2.75) is 83.3 Å². The van der Waals surface area contributed by atoms with Crippen molar-refractivity contribution in [3.05, 3.63) is 95.2 Å². The van der Waals surface area contributed by atoms with Gasteiger partial charge in [-0.2, -0.15) is 0 Å². The second-order valence-corrected chi connectivity index (χ2v) is 14.2. The molecule has 10 nitrogen and oxygen atoms in total. The topological polar surface area (TPSA) is 127 Å². The van der Waals surface area contributed by atoms with Crippen LogP contribution in [0.4, 0.5) is 0 Å². The summed E-state index contributed by atoms with van der Waals surface area (Å²) >= 11 is 0. The molecule has 1 saturated heterocycles. The van der Waals surface area contributed by atoms with Gasteiger partial charge in [-0.1, -0.05) is 60.7 Å². The summed E-state index contributed by atoms with van der Waals surface area (Å²) in [6.45, 7) is 11.1. The molecular formula is C38H51N5O5. The fraction of sp³-hybridized carbons (Fsp3) is 0.500. The monoisotopic (exact) mass is 657 g/mol. The summed E-state index contributed by atoms with van der Waals surface area (Å²) < 4.78 is 5.48. The lowest BCUT2D eigenvalue weighted by atomic mass is 9.91. The minimum Gasteiger partial charge on any atom is -0.478 e. The van der Waals surface area contributed by atoms with E-state index in [4.69, 9.17) is 4.74 Å². The van der Waals surface area contributed by atoms with Gasteiger partial charge < -0.3 is 25.6 Å². The number of ether oxygens (including phenoxy) is 1. The second-order valence-electron chi connectivity index (χ2n) is 14.2. The van der Waals surface area contributed by atoms with E-state index in [9.17, 15) is 19.8 Å². The van der Waals surface area contributed by atoms with Crippen molar-refractivity contribution in [1.82, 2.24) is 25.4 Å². The molecule has 4 N–H and O–H groups in total. The Morgan fingerprint density at radius 1 is 1.02 bits per heavy atom. The molecule has 1 aliphatic heterocycles. The van der Waals surface area contributed by atoms with E-state index in [0.717, 1.165) is 22.3 Å². The Labute approximate surface area is 284 Å². The minimum absolute atomic E-state index is 0.0864. The summed E-state index contributed by atoms with van der Waals surface area (Å²) in [5.41, 5.74) is 3.59. The fourth-order valence-corrected chi connectivity index (χ4v) is 6.81. The summed E-state index contributed by atoms with van der Waals surface area (Å²) in [7, 11) is 0. The number of hydrogen-bond donors (Lipinski definition) is 4. The van der Waals surface area contributed by atoms with Crippen molar-refractivity contribution in [2.24, 2.45) is 5.92 Å². The highest BCUT2D eigenvalue weighted by Gasteiger charge is 2.37. The van der Waals surface area contributed by atoms with Crippen LogP contribution in [0, 0.1) is 5.92 Å². The van der Waals surface area contributed by atoms with Gasteiger partial charge in [-0.3, -0.25) is 19.4 Å². The normalized spacial score (nSPS) is 21.2. The SMILES string of the molecule is CCOc1ccc(CN2CCN(C[C@@H](O)C[C@@H](Cc3ccccc3)C(=O)NC3c4ccccc4C[C@H]3O)[C@H](C(=O)NC(C)(C)C)C2)cn1. The smallest absolute Gasteiger partial charge is 0.239 e. The molecule has 0 spiro atoms. The average molecular weight is 658 g/mol. The van der Waals surface area contributed by atoms with Crippen LogP contribution in [-0.4, -0.2) is 93.4 Å². The zero-order chi connectivity index (χ0) is 34.3. The van der Waals surface area contributed by atoms with Crippen LogP contribution in [0.15, 0.2) is 72.9 Å². The van der Waals surface area contributed by atoms with Gasteiger partial charge in [-0.05, 0) is 62.8 Å². The molecular weight excluding hydrogens is 606 g/mol. The van der Waals surface area contributed by atoms with Gasteiger partial charge in [0, 0.05) is 62.9 Å². The average Bonchev–Trinajstić information content (AvgIpc) is 3.36. The Kier molecular flexibility index (Phi) is 11.9. The third-order valence-corrected chi connectivity index (χ3v) is 9.07. The summed E-state index contributed by atoms with van der Waals surface area (Å²) in [5, 5.41) is 28.6. The number of piperazine rings is 1. The number of carbonyl (C=O) groups excluding carboxylic acids is 2. The van der Waals surface area contributed by atoms with Crippen molar-refractivity contribution in [3.63, 3.8) is 0 Å². The van der Waals surface area contributed by atoms with Crippen molar-refractivity contribution in [1.29, 1.82) is 0 Å². The van der Waals surface area contributed by atoms with E-state index in [1.54, 1.807) is 0 Å². The molecule has 48 heavy (non-hydrogen) atoms. The molecule has 5 atom stereocenters. The van der Waals surface area contributed by atoms with Gasteiger partial charge in [0.15, 0.2) is 0 Å². The largest absolute Gasteiger partial charge is 0.478 e. The van der Waals surface area contributed by atoms with Crippen LogP contribution >= 0.6 is 0 Å². The molecule has 2 heterocycles. The first kappa shape index (κ1) is 35.5. The molecule has 2 aromatic carbocycles. The van der Waals surface area contributed by atoms with Crippen molar-refractivity contribution >= 4 is 11.8 Å². The molecule has 10 heteroatoms. The number of pyridine rings is 1. The van der Waals surface area contributed by atoms with Crippen LogP contribution in [0.25, 0.3) is 0 Å². The molecule has 3 aromatic rings. The summed E-state index contributed by atoms with van der Waals surface area (Å²) in [4.78, 5) is 36.2. The number of nitrogens with one attached hydrogen (secondary N) is 2. The van der Waals surface area contributed by atoms with Crippen molar-refractivity contribution in [2.75, 3.05) is 32.8 Å². The van der Waals surface area contributed by atoms with E-state index in [0.29, 0.717) is 51.5 Å². The minimum atomic E-state index is -0.850. The number of β-amino-alcohol motifs (C(OH)–C–C–N with tert-alkyl or cyclic N) is 1. The number of hydrogen-bond acceptors (Lipinski definition) is 8. The molecule has 0 radical (unpaired) electrons. The van der Waals surface area contributed by atoms with Gasteiger partial charge >= 0.3 is 0 Å². The highest BCUT2D eigenvalue weighted by atomic mass is 16.5. The maximum atomic E-state index is 13.9. The number of amides is 2. The number of carbonyl (C=O) groups is 2. The predicted molar refractivity (Wildman–Crippen MR) is 185 cm³/mol. The number of rotatable bonds is 13. The number of fused-ring (bicyclic) bond motifs is 1. The van der Waals surface area contributed by atoms with Gasteiger partial charge in [0.2, 0.25) is 17.7 Å². The lowest BCUT2D eigenvalue weighted by molar-refractivity contribution is -0.132. The van der Waals surface area contributed by atoms with Crippen LogP contribution < -0.4 is 15.4 Å². The van der Waals surface area contributed by atoms with Gasteiger partial charge in [-0.15, -0.1) is 0 Å². The quantitative estimate of drug-likeness (QED) is 0.221. The van der Waals surface area contributed by atoms with E-state index in [1.165, 1.54) is 0 Å². The number of benzene rings is 2. The van der Waals surface area contributed by atoms with E-state index in [-0.39, 0.29) is 24.8 Å². The second kappa shape index (κ2) is 16.0. The zero-order valence-corrected chi connectivity index (χ0v) is 28.6. The summed E-state index contributed by atoms with van der Waals surface area (Å²) in [6, 6.07) is 20.5. The van der Waals surface area contributed by atoms with Crippen LogP contribution in [0.3, 0.4) is 0 Å². The Morgan fingerprint density at radius 3 is 2.48 bits per heavy atom. The summed E-state index contributed by atoms with van der Waals surface area (Å²) in [6.07, 6.45) is 1.42. The zero-order valence-electron chi connectivity index (χ0n) is 28.6. The number of aliphatic hydroxyl groups excluding tert-OH is 2. The number of nitrogens with zero attached hydrogens (tertiary/aromatic N) is 3.